The first-order chi connectivity index (χ1) is 20.2. The lowest BCUT2D eigenvalue weighted by Gasteiger charge is -2.29. The van der Waals surface area contributed by atoms with Gasteiger partial charge in [-0.3, -0.25) is 9.36 Å². The number of morpholine rings is 1. The molecule has 1 saturated heterocycles. The number of halogens is 3. The summed E-state index contributed by atoms with van der Waals surface area (Å²) in [4.78, 5) is 28.0. The maximum Gasteiger partial charge on any atom is 0.416 e. The van der Waals surface area contributed by atoms with Crippen LogP contribution in [0.15, 0.2) is 67.1 Å². The summed E-state index contributed by atoms with van der Waals surface area (Å²) in [5.74, 6) is 0.971. The number of aliphatic hydroxyl groups is 1. The fourth-order valence-corrected chi connectivity index (χ4v) is 4.54. The first-order valence-corrected chi connectivity index (χ1v) is 13.4. The Balaban J connectivity index is 1.33. The van der Waals surface area contributed by atoms with E-state index < -0.39 is 23.8 Å². The second kappa shape index (κ2) is 12.6. The van der Waals surface area contributed by atoms with Gasteiger partial charge in [0.05, 0.1) is 24.9 Å². The van der Waals surface area contributed by atoms with Gasteiger partial charge in [-0.15, -0.1) is 0 Å². The average Bonchev–Trinajstić information content (AvgIpc) is 3.44. The van der Waals surface area contributed by atoms with Crippen LogP contribution in [0.2, 0.25) is 0 Å². The van der Waals surface area contributed by atoms with E-state index in [2.05, 4.69) is 25.6 Å². The number of hydrogen-bond donors (Lipinski definition) is 3. The van der Waals surface area contributed by atoms with Gasteiger partial charge in [0.15, 0.2) is 0 Å². The third-order valence-corrected chi connectivity index (χ3v) is 6.59. The molecule has 1 atom stereocenters. The molecular formula is C29H30F3N7O3. The minimum absolute atomic E-state index is 0.0870. The molecule has 1 unspecified atom stereocenters. The minimum Gasteiger partial charge on any atom is -0.392 e. The normalized spacial score (nSPS) is 14.5. The zero-order valence-electron chi connectivity index (χ0n) is 22.8. The standard InChI is InChI=1S/C29H30F3N7O3/c1-19(40)18-35-28-34-6-5-25(37-28)39-8-7-33-26(39)14-20-3-2-4-23(13-20)36-27(41)21-15-22(29(30,31)32)17-24(16-21)38-9-11-42-12-10-38/h2-8,13,15-17,19,40H,9-12,14,18H2,1H3,(H,36,41)(H,34,35,37). The number of aromatic nitrogens is 4. The molecule has 0 bridgehead atoms. The molecule has 13 heteroatoms. The van der Waals surface area contributed by atoms with Crippen molar-refractivity contribution in [1.82, 2.24) is 19.5 Å². The van der Waals surface area contributed by atoms with Gasteiger partial charge in [-0.2, -0.15) is 18.2 Å². The second-order valence-corrected chi connectivity index (χ2v) is 9.88. The quantitative estimate of drug-likeness (QED) is 0.270. The van der Waals surface area contributed by atoms with Crippen molar-refractivity contribution in [3.05, 3.63) is 89.6 Å². The molecule has 5 rings (SSSR count). The summed E-state index contributed by atoms with van der Waals surface area (Å²) >= 11 is 0. The number of hydrogen-bond acceptors (Lipinski definition) is 8. The van der Waals surface area contributed by atoms with Crippen LogP contribution in [0.5, 0.6) is 0 Å². The number of rotatable bonds is 9. The molecule has 42 heavy (non-hydrogen) atoms. The number of carbonyl (C=O) groups excluding carboxylic acids is 1. The smallest absolute Gasteiger partial charge is 0.392 e. The molecule has 10 nitrogen and oxygen atoms in total. The Labute approximate surface area is 240 Å². The molecule has 4 aromatic rings. The molecule has 1 aliphatic heterocycles. The van der Waals surface area contributed by atoms with Gasteiger partial charge in [-0.05, 0) is 48.9 Å². The third kappa shape index (κ3) is 7.22. The van der Waals surface area contributed by atoms with Crippen LogP contribution in [-0.2, 0) is 17.3 Å². The molecule has 0 radical (unpaired) electrons. The van der Waals surface area contributed by atoms with Crippen LogP contribution in [0, 0.1) is 0 Å². The van der Waals surface area contributed by atoms with Crippen molar-refractivity contribution in [3.8, 4) is 5.82 Å². The lowest BCUT2D eigenvalue weighted by Crippen LogP contribution is -2.36. The highest BCUT2D eigenvalue weighted by Crippen LogP contribution is 2.33. The van der Waals surface area contributed by atoms with E-state index in [0.29, 0.717) is 68.2 Å². The predicted molar refractivity (Wildman–Crippen MR) is 151 cm³/mol. The van der Waals surface area contributed by atoms with E-state index >= 15 is 0 Å². The van der Waals surface area contributed by atoms with Crippen LogP contribution < -0.4 is 15.5 Å². The molecule has 0 aliphatic carbocycles. The second-order valence-electron chi connectivity index (χ2n) is 9.88. The lowest BCUT2D eigenvalue weighted by atomic mass is 10.1. The van der Waals surface area contributed by atoms with E-state index in [1.54, 1.807) is 59.2 Å². The van der Waals surface area contributed by atoms with Gasteiger partial charge < -0.3 is 25.4 Å². The highest BCUT2D eigenvalue weighted by atomic mass is 19.4. The fraction of sp³-hybridized carbons (Fsp3) is 0.310. The summed E-state index contributed by atoms with van der Waals surface area (Å²) in [6.07, 6.45) is 0.241. The van der Waals surface area contributed by atoms with E-state index in [1.165, 1.54) is 6.07 Å². The van der Waals surface area contributed by atoms with E-state index in [9.17, 15) is 23.1 Å². The van der Waals surface area contributed by atoms with Gasteiger partial charge in [0.1, 0.15) is 11.6 Å². The number of amides is 1. The van der Waals surface area contributed by atoms with Crippen LogP contribution in [0.3, 0.4) is 0 Å². The summed E-state index contributed by atoms with van der Waals surface area (Å²) in [5.41, 5.74) is 0.613. The highest BCUT2D eigenvalue weighted by molar-refractivity contribution is 6.05. The summed E-state index contributed by atoms with van der Waals surface area (Å²) in [6.45, 7) is 3.64. The first-order valence-electron chi connectivity index (χ1n) is 13.4. The van der Waals surface area contributed by atoms with Crippen LogP contribution in [0.25, 0.3) is 5.82 Å². The molecule has 0 spiro atoms. The van der Waals surface area contributed by atoms with Crippen molar-refractivity contribution in [2.45, 2.75) is 25.6 Å². The van der Waals surface area contributed by atoms with Crippen LogP contribution >= 0.6 is 0 Å². The average molecular weight is 582 g/mol. The van der Waals surface area contributed by atoms with Crippen LogP contribution in [-0.4, -0.2) is 69.5 Å². The van der Waals surface area contributed by atoms with Gasteiger partial charge in [-0.1, -0.05) is 12.1 Å². The Kier molecular flexibility index (Phi) is 8.69. The van der Waals surface area contributed by atoms with Gasteiger partial charge in [0, 0.05) is 61.6 Å². The SMILES string of the molecule is CC(O)CNc1nccc(-n2ccnc2Cc2cccc(NC(=O)c3cc(N4CCOCC4)cc(C(F)(F)F)c3)c2)n1. The van der Waals surface area contributed by atoms with Crippen molar-refractivity contribution in [2.75, 3.05) is 48.4 Å². The number of alkyl halides is 3. The lowest BCUT2D eigenvalue weighted by molar-refractivity contribution is -0.137. The van der Waals surface area contributed by atoms with E-state index in [4.69, 9.17) is 4.74 Å². The molecular weight excluding hydrogens is 551 g/mol. The topological polar surface area (TPSA) is 117 Å². The summed E-state index contributed by atoms with van der Waals surface area (Å²) in [5, 5.41) is 15.2. The maximum atomic E-state index is 13.7. The van der Waals surface area contributed by atoms with Crippen molar-refractivity contribution in [1.29, 1.82) is 0 Å². The van der Waals surface area contributed by atoms with Crippen LogP contribution in [0.4, 0.5) is 30.5 Å². The van der Waals surface area contributed by atoms with Crippen molar-refractivity contribution in [3.63, 3.8) is 0 Å². The third-order valence-electron chi connectivity index (χ3n) is 6.59. The molecule has 3 N–H and O–H groups in total. The molecule has 1 fully saturated rings. The van der Waals surface area contributed by atoms with E-state index in [0.717, 1.165) is 17.7 Å². The molecule has 220 valence electrons. The van der Waals surface area contributed by atoms with Gasteiger partial charge in [0.25, 0.3) is 5.91 Å². The number of anilines is 3. The molecule has 2 aromatic carbocycles. The number of carbonyl (C=O) groups is 1. The van der Waals surface area contributed by atoms with Crippen molar-refractivity contribution < 1.29 is 27.8 Å². The van der Waals surface area contributed by atoms with Crippen molar-refractivity contribution >= 4 is 23.2 Å². The van der Waals surface area contributed by atoms with Crippen LogP contribution in [0.1, 0.15) is 34.2 Å². The van der Waals surface area contributed by atoms with E-state index in [-0.39, 0.29) is 5.56 Å². The van der Waals surface area contributed by atoms with Crippen molar-refractivity contribution in [2.24, 2.45) is 0 Å². The van der Waals surface area contributed by atoms with Gasteiger partial charge in [0.2, 0.25) is 5.95 Å². The summed E-state index contributed by atoms with van der Waals surface area (Å²) < 4.78 is 48.2. The molecule has 1 amide bonds. The number of aliphatic hydroxyl groups excluding tert-OH is 1. The zero-order chi connectivity index (χ0) is 29.7. The number of nitrogens with zero attached hydrogens (tertiary/aromatic N) is 5. The Morgan fingerprint density at radius 2 is 1.90 bits per heavy atom. The number of imidazole rings is 1. The number of nitrogens with one attached hydrogen (secondary N) is 2. The number of benzene rings is 2. The predicted octanol–water partition coefficient (Wildman–Crippen LogP) is 4.15. The molecule has 0 saturated carbocycles. The molecule has 1 aliphatic rings. The zero-order valence-corrected chi connectivity index (χ0v) is 22.8. The highest BCUT2D eigenvalue weighted by Gasteiger charge is 2.32. The first kappa shape index (κ1) is 29.0. The Morgan fingerprint density at radius 1 is 1.10 bits per heavy atom. The molecule has 3 heterocycles. The van der Waals surface area contributed by atoms with E-state index in [1.807, 2.05) is 6.07 Å². The van der Waals surface area contributed by atoms with Gasteiger partial charge >= 0.3 is 6.18 Å². The molecule has 2 aromatic heterocycles. The summed E-state index contributed by atoms with van der Waals surface area (Å²) in [6, 6.07) is 12.2. The largest absolute Gasteiger partial charge is 0.416 e. The monoisotopic (exact) mass is 581 g/mol. The maximum absolute atomic E-state index is 13.7. The minimum atomic E-state index is -4.60. The fourth-order valence-electron chi connectivity index (χ4n) is 4.54. The Morgan fingerprint density at radius 3 is 2.67 bits per heavy atom. The summed E-state index contributed by atoms with van der Waals surface area (Å²) in [7, 11) is 0. The number of ether oxygens (including phenoxy) is 1. The Bertz CT molecular complexity index is 1530. The Hall–Kier alpha value is -4.49. The van der Waals surface area contributed by atoms with Gasteiger partial charge in [-0.25, -0.2) is 9.97 Å².